The number of aliphatic imine (C=N–C) groups is 1. The predicted octanol–water partition coefficient (Wildman–Crippen LogP) is 0.651. The fourth-order valence-corrected chi connectivity index (χ4v) is 1.34. The second-order valence-electron chi connectivity index (χ2n) is 4.92. The summed E-state index contributed by atoms with van der Waals surface area (Å²) >= 11 is 0. The van der Waals surface area contributed by atoms with Crippen molar-refractivity contribution in [2.75, 3.05) is 13.1 Å². The molecule has 6 nitrogen and oxygen atoms in total. The van der Waals surface area contributed by atoms with E-state index in [9.17, 15) is 4.79 Å². The van der Waals surface area contributed by atoms with Crippen LogP contribution in [0.2, 0.25) is 0 Å². The number of alkyl carbamates (subject to hydrolysis) is 1. The number of carbonyl (C=O) groups is 1. The van der Waals surface area contributed by atoms with E-state index < -0.39 is 11.7 Å². The number of carbonyl (C=O) groups excluding carboxylic acids is 1. The van der Waals surface area contributed by atoms with Crippen LogP contribution in [0.4, 0.5) is 4.79 Å². The van der Waals surface area contributed by atoms with Gasteiger partial charge in [-0.25, -0.2) is 4.79 Å². The molecule has 0 aromatic carbocycles. The number of hydrogen-bond acceptors (Lipinski definition) is 5. The van der Waals surface area contributed by atoms with Crippen LogP contribution in [-0.2, 0) is 4.74 Å². The predicted molar refractivity (Wildman–Crippen MR) is 71.1 cm³/mol. The molecule has 18 heavy (non-hydrogen) atoms. The maximum Gasteiger partial charge on any atom is 0.407 e. The van der Waals surface area contributed by atoms with Crippen LogP contribution < -0.4 is 16.8 Å². The maximum absolute atomic E-state index is 11.4. The zero-order valence-corrected chi connectivity index (χ0v) is 11.0. The first-order valence-electron chi connectivity index (χ1n) is 5.72. The van der Waals surface area contributed by atoms with Gasteiger partial charge in [0.05, 0.1) is 13.1 Å². The van der Waals surface area contributed by atoms with Gasteiger partial charge >= 0.3 is 6.09 Å². The van der Waals surface area contributed by atoms with Crippen LogP contribution >= 0.6 is 0 Å². The van der Waals surface area contributed by atoms with Crippen molar-refractivity contribution in [3.63, 3.8) is 0 Å². The average molecular weight is 252 g/mol. The molecule has 0 aliphatic carbocycles. The minimum atomic E-state index is -0.531. The smallest absolute Gasteiger partial charge is 0.407 e. The van der Waals surface area contributed by atoms with Gasteiger partial charge in [-0.1, -0.05) is 12.2 Å². The van der Waals surface area contributed by atoms with Gasteiger partial charge in [0.25, 0.3) is 0 Å². The Labute approximate surface area is 107 Å². The minimum Gasteiger partial charge on any atom is -0.444 e. The summed E-state index contributed by atoms with van der Waals surface area (Å²) < 4.78 is 5.09. The van der Waals surface area contributed by atoms with Crippen molar-refractivity contribution in [1.29, 1.82) is 0 Å². The van der Waals surface area contributed by atoms with E-state index >= 15 is 0 Å². The third-order valence-electron chi connectivity index (χ3n) is 2.10. The van der Waals surface area contributed by atoms with E-state index in [-0.39, 0.29) is 6.54 Å². The monoisotopic (exact) mass is 252 g/mol. The lowest BCUT2D eigenvalue weighted by Crippen LogP contribution is -2.35. The van der Waals surface area contributed by atoms with Gasteiger partial charge in [0, 0.05) is 11.3 Å². The van der Waals surface area contributed by atoms with E-state index in [0.717, 1.165) is 0 Å². The SMILES string of the molecule is CC(C)(C)OC(=O)NCC(N)=C1C=CCN=C1N. The zero-order chi connectivity index (χ0) is 13.8. The van der Waals surface area contributed by atoms with E-state index in [0.29, 0.717) is 23.7 Å². The van der Waals surface area contributed by atoms with Crippen LogP contribution in [0, 0.1) is 0 Å². The highest BCUT2D eigenvalue weighted by Gasteiger charge is 2.16. The van der Waals surface area contributed by atoms with Gasteiger partial charge in [0.15, 0.2) is 0 Å². The lowest BCUT2D eigenvalue weighted by Gasteiger charge is -2.20. The number of ether oxygens (including phenoxy) is 1. The Hall–Kier alpha value is -1.98. The normalized spacial score (nSPS) is 18.1. The molecule has 5 N–H and O–H groups in total. The molecule has 1 aliphatic rings. The molecule has 0 unspecified atom stereocenters. The number of hydrogen-bond donors (Lipinski definition) is 3. The number of nitrogens with zero attached hydrogens (tertiary/aromatic N) is 1. The molecule has 0 aromatic rings. The first-order chi connectivity index (χ1) is 8.29. The van der Waals surface area contributed by atoms with Gasteiger partial charge in [-0.05, 0) is 20.8 Å². The molecule has 0 spiro atoms. The summed E-state index contributed by atoms with van der Waals surface area (Å²) in [7, 11) is 0. The molecule has 1 amide bonds. The number of nitrogens with one attached hydrogen (secondary N) is 1. The molecule has 0 saturated carbocycles. The summed E-state index contributed by atoms with van der Waals surface area (Å²) in [6.07, 6.45) is 3.14. The molecule has 1 rings (SSSR count). The first kappa shape index (κ1) is 14.1. The number of dihydropyridines is 1. The summed E-state index contributed by atoms with van der Waals surface area (Å²) in [6.45, 7) is 6.11. The Morgan fingerprint density at radius 3 is 2.78 bits per heavy atom. The van der Waals surface area contributed by atoms with E-state index in [4.69, 9.17) is 16.2 Å². The zero-order valence-electron chi connectivity index (χ0n) is 11.0. The van der Waals surface area contributed by atoms with E-state index in [1.807, 2.05) is 6.08 Å². The fourth-order valence-electron chi connectivity index (χ4n) is 1.34. The summed E-state index contributed by atoms with van der Waals surface area (Å²) in [5, 5.41) is 2.57. The first-order valence-corrected chi connectivity index (χ1v) is 5.72. The molecule has 0 saturated heterocycles. The lowest BCUT2D eigenvalue weighted by molar-refractivity contribution is 0.0532. The van der Waals surface area contributed by atoms with Crippen molar-refractivity contribution in [2.24, 2.45) is 16.5 Å². The average Bonchev–Trinajstić information content (AvgIpc) is 2.24. The Kier molecular flexibility index (Phi) is 4.36. The minimum absolute atomic E-state index is 0.171. The fraction of sp³-hybridized carbons (Fsp3) is 0.500. The van der Waals surface area contributed by atoms with Gasteiger partial charge in [0.1, 0.15) is 11.4 Å². The third kappa shape index (κ3) is 4.48. The van der Waals surface area contributed by atoms with Crippen molar-refractivity contribution >= 4 is 11.9 Å². The Morgan fingerprint density at radius 2 is 2.22 bits per heavy atom. The molecular formula is C12H20N4O2. The van der Waals surface area contributed by atoms with Crippen LogP contribution in [0.1, 0.15) is 20.8 Å². The van der Waals surface area contributed by atoms with Crippen LogP contribution in [-0.4, -0.2) is 30.6 Å². The molecule has 0 radical (unpaired) electrons. The highest BCUT2D eigenvalue weighted by molar-refractivity contribution is 6.01. The molecule has 0 bridgehead atoms. The number of amides is 1. The highest BCUT2D eigenvalue weighted by Crippen LogP contribution is 2.08. The molecule has 6 heteroatoms. The highest BCUT2D eigenvalue weighted by atomic mass is 16.6. The quantitative estimate of drug-likeness (QED) is 0.671. The molecule has 0 atom stereocenters. The summed E-state index contributed by atoms with van der Waals surface area (Å²) in [4.78, 5) is 15.5. The Morgan fingerprint density at radius 1 is 1.56 bits per heavy atom. The Balaban J connectivity index is 2.56. The van der Waals surface area contributed by atoms with Gasteiger partial charge in [-0.2, -0.15) is 0 Å². The summed E-state index contributed by atoms with van der Waals surface area (Å²) in [5.74, 6) is 0.390. The molecule has 0 fully saturated rings. The number of rotatable bonds is 2. The molecular weight excluding hydrogens is 232 g/mol. The topological polar surface area (TPSA) is 103 Å². The molecule has 1 heterocycles. The van der Waals surface area contributed by atoms with Gasteiger partial charge in [-0.15, -0.1) is 0 Å². The van der Waals surface area contributed by atoms with Crippen LogP contribution in [0.3, 0.4) is 0 Å². The molecule has 1 aliphatic heterocycles. The maximum atomic E-state index is 11.4. The van der Waals surface area contributed by atoms with Crippen molar-refractivity contribution in [2.45, 2.75) is 26.4 Å². The molecule has 0 aromatic heterocycles. The van der Waals surface area contributed by atoms with Crippen LogP contribution in [0.5, 0.6) is 0 Å². The van der Waals surface area contributed by atoms with E-state index in [2.05, 4.69) is 10.3 Å². The second kappa shape index (κ2) is 5.57. The standard InChI is InChI=1S/C12H20N4O2/c1-12(2,3)18-11(17)16-7-9(13)8-5-4-6-15-10(8)14/h4-5H,6-7,13H2,1-3H3,(H2,14,15)(H,16,17). The van der Waals surface area contributed by atoms with Crippen molar-refractivity contribution in [1.82, 2.24) is 5.32 Å². The third-order valence-corrected chi connectivity index (χ3v) is 2.10. The van der Waals surface area contributed by atoms with E-state index in [1.54, 1.807) is 26.8 Å². The van der Waals surface area contributed by atoms with Crippen molar-refractivity contribution in [3.05, 3.63) is 23.4 Å². The van der Waals surface area contributed by atoms with Crippen molar-refractivity contribution < 1.29 is 9.53 Å². The van der Waals surface area contributed by atoms with Gasteiger partial charge in [-0.3, -0.25) is 4.99 Å². The van der Waals surface area contributed by atoms with Gasteiger partial charge < -0.3 is 21.5 Å². The molecule has 100 valence electrons. The number of nitrogens with two attached hydrogens (primary N) is 2. The Bertz CT molecular complexity index is 416. The largest absolute Gasteiger partial charge is 0.444 e. The summed E-state index contributed by atoms with van der Waals surface area (Å²) in [5.41, 5.74) is 12.1. The van der Waals surface area contributed by atoms with E-state index in [1.165, 1.54) is 0 Å². The summed E-state index contributed by atoms with van der Waals surface area (Å²) in [6, 6.07) is 0. The second-order valence-corrected chi connectivity index (χ2v) is 4.92. The lowest BCUT2D eigenvalue weighted by atomic mass is 10.1. The van der Waals surface area contributed by atoms with Crippen LogP contribution in [0.25, 0.3) is 0 Å². The number of amidine groups is 1. The van der Waals surface area contributed by atoms with Crippen LogP contribution in [0.15, 0.2) is 28.4 Å². The van der Waals surface area contributed by atoms with Gasteiger partial charge in [0.2, 0.25) is 0 Å². The van der Waals surface area contributed by atoms with Crippen molar-refractivity contribution in [3.8, 4) is 0 Å².